The molecule has 0 aromatic heterocycles. The van der Waals surface area contributed by atoms with E-state index in [2.05, 4.69) is 5.10 Å². The van der Waals surface area contributed by atoms with Crippen LogP contribution in [0.25, 0.3) is 0 Å². The average Bonchev–Trinajstić information content (AvgIpc) is 2.32. The third kappa shape index (κ3) is 3.49. The van der Waals surface area contributed by atoms with Crippen molar-refractivity contribution in [3.05, 3.63) is 30.1 Å². The van der Waals surface area contributed by atoms with Gasteiger partial charge in [0.2, 0.25) is 0 Å². The van der Waals surface area contributed by atoms with Gasteiger partial charge >= 0.3 is 0 Å². The monoisotopic (exact) mass is 253 g/mol. The molecule has 0 atom stereocenters. The van der Waals surface area contributed by atoms with Crippen molar-refractivity contribution in [2.45, 2.75) is 26.7 Å². The minimum absolute atomic E-state index is 0.0366. The zero-order valence-corrected chi connectivity index (χ0v) is 10.8. The summed E-state index contributed by atoms with van der Waals surface area (Å²) in [6.45, 7) is 3.98. The second-order valence-electron chi connectivity index (χ2n) is 3.47. The Morgan fingerprint density at radius 2 is 1.94 bits per heavy atom. The van der Waals surface area contributed by atoms with E-state index in [9.17, 15) is 4.39 Å². The number of rotatable bonds is 4. The summed E-state index contributed by atoms with van der Waals surface area (Å²) in [5.74, 6) is -0.393. The number of benzene rings is 1. The number of hydrazone groups is 1. The molecule has 5 heteroatoms. The second kappa shape index (κ2) is 6.30. The molecule has 2 N–H and O–H groups in total. The lowest BCUT2D eigenvalue weighted by Crippen LogP contribution is -2.32. The van der Waals surface area contributed by atoms with Crippen LogP contribution in [0, 0.1) is 5.82 Å². The molecule has 0 fully saturated rings. The highest BCUT2D eigenvalue weighted by molar-refractivity contribution is 7.80. The predicted octanol–water partition coefficient (Wildman–Crippen LogP) is 3.05. The van der Waals surface area contributed by atoms with Gasteiger partial charge in [0.05, 0.1) is 0 Å². The van der Waals surface area contributed by atoms with Gasteiger partial charge in [-0.2, -0.15) is 5.10 Å². The molecule has 0 bridgehead atoms. The van der Waals surface area contributed by atoms with Gasteiger partial charge in [-0.3, -0.25) is 0 Å². The summed E-state index contributed by atoms with van der Waals surface area (Å²) in [5.41, 5.74) is 6.77. The molecule has 17 heavy (non-hydrogen) atoms. The smallest absolute Gasteiger partial charge is 0.191 e. The molecular weight excluding hydrogens is 237 g/mol. The fourth-order valence-corrected chi connectivity index (χ4v) is 1.52. The molecule has 1 aromatic rings. The summed E-state index contributed by atoms with van der Waals surface area (Å²) in [5, 5.41) is 5.59. The zero-order chi connectivity index (χ0) is 12.8. The zero-order valence-electron chi connectivity index (χ0n) is 9.98. The fraction of sp³-hybridized carbons (Fsp3) is 0.333. The number of anilines is 1. The number of hydrogen-bond acceptors (Lipinski definition) is 2. The lowest BCUT2D eigenvalue weighted by molar-refractivity contribution is 0.627. The minimum Gasteiger partial charge on any atom is -0.374 e. The number of hydrogen-bond donors (Lipinski definition) is 1. The van der Waals surface area contributed by atoms with Gasteiger partial charge < -0.3 is 5.73 Å². The Morgan fingerprint density at radius 3 is 2.41 bits per heavy atom. The Hall–Kier alpha value is -1.49. The largest absolute Gasteiger partial charge is 0.374 e. The molecule has 0 saturated carbocycles. The van der Waals surface area contributed by atoms with Crippen molar-refractivity contribution in [1.29, 1.82) is 0 Å². The quantitative estimate of drug-likeness (QED) is 0.509. The maximum absolute atomic E-state index is 13.6. The molecule has 0 aliphatic carbocycles. The van der Waals surface area contributed by atoms with Crippen LogP contribution in [-0.2, 0) is 0 Å². The predicted molar refractivity (Wildman–Crippen MR) is 73.7 cm³/mol. The highest BCUT2D eigenvalue weighted by atomic mass is 32.1. The topological polar surface area (TPSA) is 41.6 Å². The summed E-state index contributed by atoms with van der Waals surface area (Å²) in [6, 6.07) is 6.28. The number of nitrogens with zero attached hydrogens (tertiary/aromatic N) is 2. The third-order valence-electron chi connectivity index (χ3n) is 2.35. The van der Waals surface area contributed by atoms with Crippen molar-refractivity contribution in [3.63, 3.8) is 0 Å². The Morgan fingerprint density at radius 1 is 1.35 bits per heavy atom. The van der Waals surface area contributed by atoms with Gasteiger partial charge in [-0.25, -0.2) is 9.40 Å². The van der Waals surface area contributed by atoms with Gasteiger partial charge in [0, 0.05) is 5.71 Å². The summed E-state index contributed by atoms with van der Waals surface area (Å²) >= 11 is 4.90. The van der Waals surface area contributed by atoms with Crippen molar-refractivity contribution in [3.8, 4) is 0 Å². The van der Waals surface area contributed by atoms with Crippen molar-refractivity contribution in [1.82, 2.24) is 0 Å². The number of para-hydroxylation sites is 1. The molecule has 1 rings (SSSR count). The Kier molecular flexibility index (Phi) is 5.03. The summed E-state index contributed by atoms with van der Waals surface area (Å²) in [4.78, 5) is 0. The number of halogens is 1. The molecule has 0 amide bonds. The molecule has 0 heterocycles. The van der Waals surface area contributed by atoms with E-state index in [1.165, 1.54) is 11.1 Å². The van der Waals surface area contributed by atoms with Gasteiger partial charge in [-0.15, -0.1) is 0 Å². The summed E-state index contributed by atoms with van der Waals surface area (Å²) in [7, 11) is 0. The van der Waals surface area contributed by atoms with Crippen molar-refractivity contribution in [2.24, 2.45) is 10.8 Å². The molecule has 0 aliphatic rings. The summed E-state index contributed by atoms with van der Waals surface area (Å²) in [6.07, 6.45) is 1.56. The van der Waals surface area contributed by atoms with Crippen LogP contribution in [0.4, 0.5) is 10.1 Å². The normalized spacial score (nSPS) is 9.82. The van der Waals surface area contributed by atoms with E-state index in [0.717, 1.165) is 18.6 Å². The highest BCUT2D eigenvalue weighted by Gasteiger charge is 2.13. The fourth-order valence-electron chi connectivity index (χ4n) is 1.38. The Labute approximate surface area is 106 Å². The first kappa shape index (κ1) is 13.6. The Balaban J connectivity index is 3.15. The van der Waals surface area contributed by atoms with E-state index < -0.39 is 5.82 Å². The standard InChI is InChI=1S/C12H16FN3S/c1-3-9(4-2)15-16(12(14)17)11-8-6-5-7-10(11)13/h5-8H,3-4H2,1-2H3,(H2,14,17). The van der Waals surface area contributed by atoms with Crippen LogP contribution in [0.2, 0.25) is 0 Å². The molecule has 3 nitrogen and oxygen atoms in total. The molecule has 0 spiro atoms. The van der Waals surface area contributed by atoms with Crippen LogP contribution in [0.3, 0.4) is 0 Å². The van der Waals surface area contributed by atoms with Crippen molar-refractivity contribution < 1.29 is 4.39 Å². The third-order valence-corrected chi connectivity index (χ3v) is 2.52. The molecule has 92 valence electrons. The van der Waals surface area contributed by atoms with Gasteiger partial charge in [-0.05, 0) is 37.2 Å². The maximum atomic E-state index is 13.6. The number of thiocarbonyl (C=S) groups is 1. The maximum Gasteiger partial charge on any atom is 0.191 e. The van der Waals surface area contributed by atoms with E-state index in [0.29, 0.717) is 0 Å². The van der Waals surface area contributed by atoms with Crippen LogP contribution < -0.4 is 10.7 Å². The van der Waals surface area contributed by atoms with Crippen LogP contribution >= 0.6 is 12.2 Å². The van der Waals surface area contributed by atoms with Crippen LogP contribution in [0.15, 0.2) is 29.4 Å². The van der Waals surface area contributed by atoms with E-state index in [1.54, 1.807) is 18.2 Å². The number of nitrogens with two attached hydrogens (primary N) is 1. The first-order valence-electron chi connectivity index (χ1n) is 5.50. The van der Waals surface area contributed by atoms with E-state index in [1.807, 2.05) is 13.8 Å². The molecule has 0 aliphatic heterocycles. The highest BCUT2D eigenvalue weighted by Crippen LogP contribution is 2.19. The SMILES string of the molecule is CCC(CC)=NN(C(N)=S)c1ccccc1F. The minimum atomic E-state index is -0.393. The van der Waals surface area contributed by atoms with Crippen molar-refractivity contribution in [2.75, 3.05) is 5.01 Å². The second-order valence-corrected chi connectivity index (χ2v) is 3.89. The molecular formula is C12H16FN3S. The van der Waals surface area contributed by atoms with Gasteiger partial charge in [0.1, 0.15) is 11.5 Å². The van der Waals surface area contributed by atoms with E-state index in [4.69, 9.17) is 18.0 Å². The van der Waals surface area contributed by atoms with Gasteiger partial charge in [0.25, 0.3) is 0 Å². The van der Waals surface area contributed by atoms with Crippen LogP contribution in [-0.4, -0.2) is 10.8 Å². The lowest BCUT2D eigenvalue weighted by atomic mass is 10.2. The molecule has 1 aromatic carbocycles. The van der Waals surface area contributed by atoms with Gasteiger partial charge in [0.15, 0.2) is 5.11 Å². The average molecular weight is 253 g/mol. The van der Waals surface area contributed by atoms with Crippen molar-refractivity contribution >= 4 is 28.7 Å². The molecule has 0 saturated heterocycles. The van der Waals surface area contributed by atoms with Crippen LogP contribution in [0.1, 0.15) is 26.7 Å². The van der Waals surface area contributed by atoms with Gasteiger partial charge in [-0.1, -0.05) is 26.0 Å². The molecule has 0 unspecified atom stereocenters. The van der Waals surface area contributed by atoms with Crippen LogP contribution in [0.5, 0.6) is 0 Å². The first-order chi connectivity index (χ1) is 8.10. The Bertz CT molecular complexity index is 426. The first-order valence-corrected chi connectivity index (χ1v) is 5.91. The van der Waals surface area contributed by atoms with E-state index >= 15 is 0 Å². The summed E-state index contributed by atoms with van der Waals surface area (Å²) < 4.78 is 13.6. The molecule has 0 radical (unpaired) electrons. The lowest BCUT2D eigenvalue weighted by Gasteiger charge is -2.19. The van der Waals surface area contributed by atoms with E-state index in [-0.39, 0.29) is 10.8 Å².